The van der Waals surface area contributed by atoms with Crippen LogP contribution < -0.4 is 4.90 Å². The van der Waals surface area contributed by atoms with E-state index in [2.05, 4.69) is 231 Å². The highest BCUT2D eigenvalue weighted by Gasteiger charge is 2.35. The summed E-state index contributed by atoms with van der Waals surface area (Å²) in [5.74, 6) is 0. The first kappa shape index (κ1) is 35.2. The van der Waals surface area contributed by atoms with Gasteiger partial charge in [-0.1, -0.05) is 184 Å². The van der Waals surface area contributed by atoms with Crippen LogP contribution in [0.5, 0.6) is 0 Å². The molecule has 1 nitrogen and oxygen atoms in total. The molecule has 59 heavy (non-hydrogen) atoms. The van der Waals surface area contributed by atoms with E-state index in [1.807, 2.05) is 11.3 Å². The Hall–Kier alpha value is -7.00. The van der Waals surface area contributed by atoms with Crippen LogP contribution in [-0.4, -0.2) is 0 Å². The highest BCUT2D eigenvalue weighted by atomic mass is 32.1. The highest BCUT2D eigenvalue weighted by Crippen LogP contribution is 2.51. The molecule has 10 aromatic rings. The standard InChI is InChI=1S/C57H41NS/c1-57(2)51-28-13-11-24-46(51)47-33-31-41(36-52(47)57)40-21-15-22-42(35-40)58(43-32-34-49-48-25-12-14-30-54(48)59-55(49)37-43)53-29-16-27-45(39-19-7-4-8-20-39)56(53)50-26-10-9-23-44(50)38-17-5-3-6-18-38/h3-37H,1-2H3. The molecule has 0 N–H and O–H groups in total. The van der Waals surface area contributed by atoms with Gasteiger partial charge in [-0.3, -0.25) is 0 Å². The Morgan fingerprint density at radius 1 is 0.356 bits per heavy atom. The molecule has 0 radical (unpaired) electrons. The minimum absolute atomic E-state index is 0.0792. The van der Waals surface area contributed by atoms with E-state index in [9.17, 15) is 0 Å². The molecule has 1 aromatic heterocycles. The van der Waals surface area contributed by atoms with Gasteiger partial charge in [0.1, 0.15) is 0 Å². The van der Waals surface area contributed by atoms with Gasteiger partial charge in [0.15, 0.2) is 0 Å². The third-order valence-corrected chi connectivity index (χ3v) is 13.4. The monoisotopic (exact) mass is 771 g/mol. The van der Waals surface area contributed by atoms with E-state index in [1.165, 1.54) is 86.9 Å². The van der Waals surface area contributed by atoms with Crippen molar-refractivity contribution in [1.82, 2.24) is 0 Å². The topological polar surface area (TPSA) is 3.24 Å². The van der Waals surface area contributed by atoms with E-state index in [1.54, 1.807) is 0 Å². The molecule has 0 atom stereocenters. The number of benzene rings is 9. The number of nitrogens with zero attached hydrogens (tertiary/aromatic N) is 1. The van der Waals surface area contributed by atoms with Crippen molar-refractivity contribution < 1.29 is 0 Å². The first-order chi connectivity index (χ1) is 29.0. The summed E-state index contributed by atoms with van der Waals surface area (Å²) in [6, 6.07) is 78.2. The average molecular weight is 772 g/mol. The fraction of sp³-hybridized carbons (Fsp3) is 0.0526. The summed E-state index contributed by atoms with van der Waals surface area (Å²) in [5, 5.41) is 2.59. The predicted molar refractivity (Wildman–Crippen MR) is 253 cm³/mol. The molecule has 1 heterocycles. The Labute approximate surface area is 350 Å². The summed E-state index contributed by atoms with van der Waals surface area (Å²) >= 11 is 1.86. The molecular formula is C57H41NS. The van der Waals surface area contributed by atoms with Gasteiger partial charge in [-0.05, 0) is 104 Å². The number of rotatable bonds is 7. The molecule has 0 aliphatic heterocycles. The van der Waals surface area contributed by atoms with Crippen LogP contribution >= 0.6 is 11.3 Å². The zero-order valence-corrected chi connectivity index (χ0v) is 33.9. The Kier molecular flexibility index (Phi) is 8.43. The smallest absolute Gasteiger partial charge is 0.0546 e. The summed E-state index contributed by atoms with van der Waals surface area (Å²) in [4.78, 5) is 2.49. The third kappa shape index (κ3) is 5.91. The molecule has 0 unspecified atom stereocenters. The third-order valence-electron chi connectivity index (χ3n) is 12.3. The molecule has 0 saturated heterocycles. The summed E-state index contributed by atoms with van der Waals surface area (Å²) < 4.78 is 2.58. The van der Waals surface area contributed by atoms with Crippen LogP contribution in [0, 0.1) is 0 Å². The van der Waals surface area contributed by atoms with E-state index < -0.39 is 0 Å². The first-order valence-electron chi connectivity index (χ1n) is 20.4. The van der Waals surface area contributed by atoms with Crippen LogP contribution in [0.25, 0.3) is 75.8 Å². The largest absolute Gasteiger partial charge is 0.310 e. The van der Waals surface area contributed by atoms with Gasteiger partial charge in [0.05, 0.1) is 5.69 Å². The maximum atomic E-state index is 2.49. The van der Waals surface area contributed by atoms with Crippen molar-refractivity contribution in [2.24, 2.45) is 0 Å². The van der Waals surface area contributed by atoms with Gasteiger partial charge in [-0.15, -0.1) is 11.3 Å². The second-order valence-electron chi connectivity index (χ2n) is 16.1. The SMILES string of the molecule is CC1(C)c2ccccc2-c2ccc(-c3cccc(N(c4ccc5c(c4)sc4ccccc45)c4cccc(-c5ccccc5)c4-c4ccccc4-c4ccccc4)c3)cc21. The minimum atomic E-state index is -0.0792. The molecule has 0 spiro atoms. The Morgan fingerprint density at radius 2 is 0.932 bits per heavy atom. The van der Waals surface area contributed by atoms with Crippen molar-refractivity contribution in [3.8, 4) is 55.6 Å². The van der Waals surface area contributed by atoms with E-state index >= 15 is 0 Å². The second kappa shape index (κ2) is 14.1. The maximum Gasteiger partial charge on any atom is 0.0546 e. The van der Waals surface area contributed by atoms with E-state index in [4.69, 9.17) is 0 Å². The zero-order chi connectivity index (χ0) is 39.5. The van der Waals surface area contributed by atoms with Crippen molar-refractivity contribution in [3.63, 3.8) is 0 Å². The van der Waals surface area contributed by atoms with Crippen LogP contribution in [0.3, 0.4) is 0 Å². The maximum absolute atomic E-state index is 2.49. The summed E-state index contributed by atoms with van der Waals surface area (Å²) in [6.07, 6.45) is 0. The molecule has 2 heteroatoms. The fourth-order valence-corrected chi connectivity index (χ4v) is 10.6. The first-order valence-corrected chi connectivity index (χ1v) is 21.2. The van der Waals surface area contributed by atoms with Crippen molar-refractivity contribution in [3.05, 3.63) is 223 Å². The van der Waals surface area contributed by atoms with Crippen molar-refractivity contribution >= 4 is 48.6 Å². The van der Waals surface area contributed by atoms with Gasteiger partial charge >= 0.3 is 0 Å². The number of hydrogen-bond acceptors (Lipinski definition) is 2. The second-order valence-corrected chi connectivity index (χ2v) is 17.2. The molecule has 0 bridgehead atoms. The molecule has 280 valence electrons. The molecule has 0 saturated carbocycles. The minimum Gasteiger partial charge on any atom is -0.310 e. The van der Waals surface area contributed by atoms with Gasteiger partial charge in [0.25, 0.3) is 0 Å². The number of fused-ring (bicyclic) bond motifs is 6. The van der Waals surface area contributed by atoms with E-state index in [-0.39, 0.29) is 5.41 Å². The van der Waals surface area contributed by atoms with Gasteiger partial charge in [-0.25, -0.2) is 0 Å². The van der Waals surface area contributed by atoms with Gasteiger partial charge in [0.2, 0.25) is 0 Å². The normalized spacial score (nSPS) is 12.7. The number of anilines is 3. The fourth-order valence-electron chi connectivity index (χ4n) is 9.43. The van der Waals surface area contributed by atoms with Crippen LogP contribution in [0.15, 0.2) is 212 Å². The van der Waals surface area contributed by atoms with E-state index in [0.29, 0.717) is 0 Å². The lowest BCUT2D eigenvalue weighted by Gasteiger charge is -2.30. The summed E-state index contributed by atoms with van der Waals surface area (Å²) in [5.41, 5.74) is 18.3. The molecule has 9 aromatic carbocycles. The average Bonchev–Trinajstić information content (AvgIpc) is 3.78. The lowest BCUT2D eigenvalue weighted by Crippen LogP contribution is -2.15. The number of hydrogen-bond donors (Lipinski definition) is 0. The molecular weight excluding hydrogens is 731 g/mol. The Morgan fingerprint density at radius 3 is 1.75 bits per heavy atom. The highest BCUT2D eigenvalue weighted by molar-refractivity contribution is 7.25. The molecule has 0 fully saturated rings. The Balaban J connectivity index is 1.16. The molecule has 0 amide bonds. The van der Waals surface area contributed by atoms with Crippen molar-refractivity contribution in [2.45, 2.75) is 19.3 Å². The zero-order valence-electron chi connectivity index (χ0n) is 33.1. The quantitative estimate of drug-likeness (QED) is 0.156. The van der Waals surface area contributed by atoms with Crippen LogP contribution in [0.4, 0.5) is 17.1 Å². The lowest BCUT2D eigenvalue weighted by atomic mass is 9.81. The van der Waals surface area contributed by atoms with Crippen LogP contribution in [-0.2, 0) is 5.41 Å². The number of thiophene rings is 1. The molecule has 1 aliphatic rings. The van der Waals surface area contributed by atoms with Crippen LogP contribution in [0.2, 0.25) is 0 Å². The molecule has 1 aliphatic carbocycles. The van der Waals surface area contributed by atoms with Gasteiger partial charge in [-0.2, -0.15) is 0 Å². The van der Waals surface area contributed by atoms with Gasteiger partial charge < -0.3 is 4.90 Å². The molecule has 11 rings (SSSR count). The van der Waals surface area contributed by atoms with Gasteiger partial charge in [0, 0.05) is 42.5 Å². The van der Waals surface area contributed by atoms with Crippen molar-refractivity contribution in [2.75, 3.05) is 4.90 Å². The predicted octanol–water partition coefficient (Wildman–Crippen LogP) is 16.5. The van der Waals surface area contributed by atoms with E-state index in [0.717, 1.165) is 17.1 Å². The summed E-state index contributed by atoms with van der Waals surface area (Å²) in [6.45, 7) is 4.72. The Bertz CT molecular complexity index is 3190. The van der Waals surface area contributed by atoms with Crippen molar-refractivity contribution in [1.29, 1.82) is 0 Å². The summed E-state index contributed by atoms with van der Waals surface area (Å²) in [7, 11) is 0. The lowest BCUT2D eigenvalue weighted by molar-refractivity contribution is 0.660. The van der Waals surface area contributed by atoms with Crippen LogP contribution in [0.1, 0.15) is 25.0 Å².